The van der Waals surface area contributed by atoms with Gasteiger partial charge in [0.1, 0.15) is 10.9 Å². The number of benzene rings is 1. The lowest BCUT2D eigenvalue weighted by Crippen LogP contribution is -2.31. The van der Waals surface area contributed by atoms with Gasteiger partial charge >= 0.3 is 16.2 Å². The zero-order valence-electron chi connectivity index (χ0n) is 18.1. The topological polar surface area (TPSA) is 233 Å². The summed E-state index contributed by atoms with van der Waals surface area (Å²) in [4.78, 5) is 19.3. The Hall–Kier alpha value is -2.99. The second-order valence-corrected chi connectivity index (χ2v) is 11.8. The summed E-state index contributed by atoms with van der Waals surface area (Å²) in [6, 6.07) is 8.08. The number of thioether (sulfide) groups is 1. The van der Waals surface area contributed by atoms with Gasteiger partial charge in [0.25, 0.3) is 0 Å². The number of sulfone groups is 1. The minimum atomic E-state index is -4.40. The van der Waals surface area contributed by atoms with E-state index in [9.17, 15) is 21.6 Å². The molecule has 0 saturated heterocycles. The van der Waals surface area contributed by atoms with Crippen LogP contribution in [0.15, 0.2) is 56.2 Å². The number of aliphatic imine (C=N–C) groups is 1. The molecule has 0 aliphatic rings. The summed E-state index contributed by atoms with van der Waals surface area (Å²) in [5.41, 5.74) is 11.7. The van der Waals surface area contributed by atoms with Gasteiger partial charge in [-0.25, -0.2) is 23.3 Å². The lowest BCUT2D eigenvalue weighted by atomic mass is 10.2. The molecule has 17 heteroatoms. The number of guanidine groups is 1. The molecule has 1 aromatic carbocycles. The highest BCUT2D eigenvalue weighted by Gasteiger charge is 2.22. The van der Waals surface area contributed by atoms with Crippen molar-refractivity contribution in [1.29, 1.82) is 0 Å². The number of hydrogen-bond acceptors (Lipinski definition) is 9. The Morgan fingerprint density at radius 1 is 1.20 bits per heavy atom. The molecule has 0 amide bonds. The quantitative estimate of drug-likeness (QED) is 0.103. The maximum atomic E-state index is 12.9. The molecule has 0 saturated carbocycles. The number of amidine groups is 1. The van der Waals surface area contributed by atoms with Gasteiger partial charge in [-0.05, 0) is 5.56 Å². The zero-order chi connectivity index (χ0) is 26.1. The van der Waals surface area contributed by atoms with Crippen molar-refractivity contribution in [3.63, 3.8) is 0 Å². The summed E-state index contributed by atoms with van der Waals surface area (Å²) in [5.74, 6) is -1.82. The molecule has 35 heavy (non-hydrogen) atoms. The number of hydrogen-bond donors (Lipinski definition) is 5. The van der Waals surface area contributed by atoms with Crippen LogP contribution < -0.4 is 21.9 Å². The first-order chi connectivity index (χ1) is 16.3. The molecule has 0 aliphatic carbocycles. The number of nitrogens with one attached hydrogen (secondary N) is 1. The summed E-state index contributed by atoms with van der Waals surface area (Å²) < 4.78 is 52.2. The van der Waals surface area contributed by atoms with Gasteiger partial charge in [-0.15, -0.1) is 15.7 Å². The van der Waals surface area contributed by atoms with Gasteiger partial charge in [-0.1, -0.05) is 30.3 Å². The molecular formula is C18H23N7O6S4. The van der Waals surface area contributed by atoms with E-state index in [2.05, 4.69) is 19.7 Å². The molecule has 0 bridgehead atoms. The predicted octanol–water partition coefficient (Wildman–Crippen LogP) is 0.404. The Balaban J connectivity index is 2.15. The average molecular weight is 562 g/mol. The van der Waals surface area contributed by atoms with Crippen molar-refractivity contribution < 1.29 is 26.7 Å². The normalized spacial score (nSPS) is 12.8. The average Bonchev–Trinajstić information content (AvgIpc) is 3.16. The van der Waals surface area contributed by atoms with Gasteiger partial charge in [-0.3, -0.25) is 0 Å². The number of aromatic nitrogens is 1. The minimum absolute atomic E-state index is 0.0657. The van der Waals surface area contributed by atoms with Gasteiger partial charge in [0.2, 0.25) is 5.13 Å². The van der Waals surface area contributed by atoms with Gasteiger partial charge in [-0.2, -0.15) is 25.2 Å². The Morgan fingerprint density at radius 2 is 1.89 bits per heavy atom. The van der Waals surface area contributed by atoms with Crippen molar-refractivity contribution in [1.82, 2.24) is 10.3 Å². The van der Waals surface area contributed by atoms with E-state index in [0.717, 1.165) is 0 Å². The Kier molecular flexibility index (Phi) is 10.2. The first-order valence-electron chi connectivity index (χ1n) is 9.56. The maximum absolute atomic E-state index is 12.9. The van der Waals surface area contributed by atoms with Crippen LogP contribution in [0, 0.1) is 0 Å². The van der Waals surface area contributed by atoms with Crippen molar-refractivity contribution in [3.8, 4) is 0 Å². The molecule has 0 radical (unpaired) electrons. The van der Waals surface area contributed by atoms with Crippen LogP contribution in [-0.2, 0) is 36.3 Å². The molecule has 0 aliphatic heterocycles. The lowest BCUT2D eigenvalue weighted by Gasteiger charge is -2.13. The van der Waals surface area contributed by atoms with Crippen LogP contribution in [0.1, 0.15) is 17.7 Å². The number of thiazole rings is 1. The van der Waals surface area contributed by atoms with Crippen LogP contribution in [0.4, 0.5) is 5.13 Å². The highest BCUT2D eigenvalue weighted by molar-refractivity contribution is 7.98. The molecule has 2 aromatic rings. The minimum Gasteiger partial charge on any atom is -0.478 e. The van der Waals surface area contributed by atoms with Gasteiger partial charge in [0.15, 0.2) is 15.8 Å². The molecule has 1 heterocycles. The van der Waals surface area contributed by atoms with Crippen LogP contribution in [0.5, 0.6) is 0 Å². The summed E-state index contributed by atoms with van der Waals surface area (Å²) in [6.07, 6.45) is 0.369. The number of rotatable bonds is 12. The fourth-order valence-electron chi connectivity index (χ4n) is 2.48. The largest absolute Gasteiger partial charge is 0.478 e. The summed E-state index contributed by atoms with van der Waals surface area (Å²) in [6.45, 7) is 0. The summed E-state index contributed by atoms with van der Waals surface area (Å²) in [5, 5.41) is 17.9. The molecule has 13 nitrogen and oxygen atoms in total. The number of aliphatic carboxylic acids is 1. The maximum Gasteiger partial charge on any atom is 0.331 e. The highest BCUT2D eigenvalue weighted by Crippen LogP contribution is 2.22. The Morgan fingerprint density at radius 3 is 2.49 bits per heavy atom. The van der Waals surface area contributed by atoms with Crippen molar-refractivity contribution in [2.75, 3.05) is 5.75 Å². The Labute approximate surface area is 210 Å². The first kappa shape index (κ1) is 28.2. The first-order valence-corrected chi connectivity index (χ1v) is 14.7. The van der Waals surface area contributed by atoms with Crippen LogP contribution in [0.2, 0.25) is 0 Å². The van der Waals surface area contributed by atoms with Crippen LogP contribution in [0.3, 0.4) is 0 Å². The fraction of sp³-hybridized carbons (Fsp3) is 0.222. The van der Waals surface area contributed by atoms with Crippen LogP contribution in [-0.4, -0.2) is 50.4 Å². The molecular weight excluding hydrogens is 539 g/mol. The third-order valence-corrected chi connectivity index (χ3v) is 7.65. The number of nitrogens with two attached hydrogens (primary N) is 3. The fourth-order valence-corrected chi connectivity index (χ4v) is 5.92. The van der Waals surface area contributed by atoms with E-state index in [1.54, 1.807) is 35.7 Å². The van der Waals surface area contributed by atoms with E-state index >= 15 is 0 Å². The van der Waals surface area contributed by atoms with E-state index in [0.29, 0.717) is 28.2 Å². The molecule has 8 N–H and O–H groups in total. The number of carbonyl (C=O) groups is 1. The van der Waals surface area contributed by atoms with E-state index < -0.39 is 36.8 Å². The van der Waals surface area contributed by atoms with Crippen molar-refractivity contribution >= 4 is 66.0 Å². The molecule has 0 fully saturated rings. The number of nitrogens with zero attached hydrogens (tertiary/aromatic N) is 3. The summed E-state index contributed by atoms with van der Waals surface area (Å²) in [7, 11) is -8.60. The van der Waals surface area contributed by atoms with Gasteiger partial charge < -0.3 is 21.9 Å². The standard InChI is InChI=1S/C18H23N7O6S4/c19-17(20)24-18-22-13(10-33-18)9-32-7-6-14(25-35(21,30)31)23-15(8-16(26)27)34(28,29)11-12-4-2-1-3-5-12/h1-5,8,10H,6-7,9,11H2,(H,23,25)(H,26,27)(H2,21,30,31)(H4,19,20,22,24). The van der Waals surface area contributed by atoms with Crippen molar-refractivity contribution in [2.45, 2.75) is 17.9 Å². The van der Waals surface area contributed by atoms with Crippen molar-refractivity contribution in [2.24, 2.45) is 26.0 Å². The molecule has 190 valence electrons. The zero-order valence-corrected chi connectivity index (χ0v) is 21.3. The number of carboxylic acid groups (broad SMARTS) is 1. The number of carboxylic acids is 1. The molecule has 0 spiro atoms. The second-order valence-electron chi connectivity index (χ2n) is 6.73. The van der Waals surface area contributed by atoms with E-state index in [1.165, 1.54) is 23.1 Å². The van der Waals surface area contributed by atoms with E-state index in [4.69, 9.17) is 21.7 Å². The molecule has 0 atom stereocenters. The SMILES string of the molecule is NC(N)=Nc1nc(CSCCC(=NS(N)(=O)=O)NC(=CC(=O)O)S(=O)(=O)Cc2ccccc2)cs1. The van der Waals surface area contributed by atoms with E-state index in [-0.39, 0.29) is 24.0 Å². The predicted molar refractivity (Wildman–Crippen MR) is 137 cm³/mol. The highest BCUT2D eigenvalue weighted by atomic mass is 32.2. The second kappa shape index (κ2) is 12.6. The monoisotopic (exact) mass is 561 g/mol. The smallest absolute Gasteiger partial charge is 0.331 e. The summed E-state index contributed by atoms with van der Waals surface area (Å²) >= 11 is 2.57. The van der Waals surface area contributed by atoms with Gasteiger partial charge in [0, 0.05) is 23.3 Å². The van der Waals surface area contributed by atoms with Crippen LogP contribution >= 0.6 is 23.1 Å². The van der Waals surface area contributed by atoms with Crippen molar-refractivity contribution in [3.05, 3.63) is 58.1 Å². The van der Waals surface area contributed by atoms with E-state index in [1.807, 2.05) is 0 Å². The third-order valence-electron chi connectivity index (χ3n) is 3.79. The van der Waals surface area contributed by atoms with Crippen LogP contribution in [0.25, 0.3) is 0 Å². The van der Waals surface area contributed by atoms with Gasteiger partial charge in [0.05, 0.1) is 17.5 Å². The third kappa shape index (κ3) is 10.9. The molecule has 2 rings (SSSR count). The Bertz CT molecular complexity index is 1330. The lowest BCUT2D eigenvalue weighted by molar-refractivity contribution is -0.131. The molecule has 0 unspecified atom stereocenters. The molecule has 1 aromatic heterocycles.